The minimum absolute atomic E-state index is 0.102. The minimum Gasteiger partial charge on any atom is -0.481 e. The van der Waals surface area contributed by atoms with Gasteiger partial charge in [0, 0.05) is 32.8 Å². The van der Waals surface area contributed by atoms with Crippen LogP contribution in [-0.4, -0.2) is 54.9 Å². The normalized spacial score (nSPS) is 16.6. The molecular weight excluding hydrogens is 236 g/mol. The van der Waals surface area contributed by atoms with Crippen molar-refractivity contribution in [3.8, 4) is 0 Å². The highest BCUT2D eigenvalue weighted by Gasteiger charge is 2.26. The van der Waals surface area contributed by atoms with Gasteiger partial charge in [-0.2, -0.15) is 0 Å². The van der Waals surface area contributed by atoms with E-state index in [1.807, 2.05) is 6.92 Å². The smallest absolute Gasteiger partial charge is 0.317 e. The fraction of sp³-hybridized carbons (Fsp3) is 0.833. The molecule has 0 aromatic rings. The fourth-order valence-electron chi connectivity index (χ4n) is 1.96. The number of aliphatic carboxylic acids is 1. The van der Waals surface area contributed by atoms with Crippen molar-refractivity contribution in [3.63, 3.8) is 0 Å². The maximum Gasteiger partial charge on any atom is 0.317 e. The summed E-state index contributed by atoms with van der Waals surface area (Å²) >= 11 is 0. The molecule has 0 radical (unpaired) electrons. The number of likely N-dealkylation sites (tertiary alicyclic amines) is 1. The van der Waals surface area contributed by atoms with Crippen LogP contribution in [-0.2, 0) is 9.53 Å². The monoisotopic (exact) mass is 258 g/mol. The Morgan fingerprint density at radius 1 is 1.39 bits per heavy atom. The van der Waals surface area contributed by atoms with Crippen LogP contribution in [0.1, 0.15) is 26.2 Å². The van der Waals surface area contributed by atoms with Crippen LogP contribution in [0.4, 0.5) is 4.79 Å². The second kappa shape index (κ2) is 7.92. The van der Waals surface area contributed by atoms with Crippen LogP contribution in [0.15, 0.2) is 0 Å². The van der Waals surface area contributed by atoms with Gasteiger partial charge in [-0.05, 0) is 26.2 Å². The molecule has 2 amide bonds. The van der Waals surface area contributed by atoms with Gasteiger partial charge in [-0.15, -0.1) is 0 Å². The van der Waals surface area contributed by atoms with Crippen LogP contribution in [0.3, 0.4) is 0 Å². The molecule has 6 nitrogen and oxygen atoms in total. The number of rotatable bonds is 6. The number of nitrogens with one attached hydrogen (secondary N) is 1. The van der Waals surface area contributed by atoms with E-state index in [4.69, 9.17) is 9.84 Å². The molecule has 104 valence electrons. The van der Waals surface area contributed by atoms with Crippen LogP contribution in [0.5, 0.6) is 0 Å². The Morgan fingerprint density at radius 2 is 2.06 bits per heavy atom. The Bertz CT molecular complexity index is 275. The number of amides is 2. The third-order valence-electron chi connectivity index (χ3n) is 3.08. The summed E-state index contributed by atoms with van der Waals surface area (Å²) in [7, 11) is 0. The average molecular weight is 258 g/mol. The van der Waals surface area contributed by atoms with E-state index in [0.29, 0.717) is 45.7 Å². The van der Waals surface area contributed by atoms with Crippen molar-refractivity contribution in [2.75, 3.05) is 32.8 Å². The Labute approximate surface area is 107 Å². The van der Waals surface area contributed by atoms with Crippen LogP contribution >= 0.6 is 0 Å². The second-order valence-electron chi connectivity index (χ2n) is 4.38. The van der Waals surface area contributed by atoms with Gasteiger partial charge in [-0.25, -0.2) is 4.79 Å². The molecule has 6 heteroatoms. The molecule has 1 heterocycles. The number of urea groups is 1. The van der Waals surface area contributed by atoms with E-state index in [0.717, 1.165) is 6.42 Å². The highest BCUT2D eigenvalue weighted by atomic mass is 16.5. The lowest BCUT2D eigenvalue weighted by Crippen LogP contribution is -2.45. The summed E-state index contributed by atoms with van der Waals surface area (Å²) in [6.45, 7) is 4.92. The number of carbonyl (C=O) groups excluding carboxylic acids is 1. The molecule has 1 aliphatic heterocycles. The summed E-state index contributed by atoms with van der Waals surface area (Å²) in [4.78, 5) is 24.2. The molecule has 0 aliphatic carbocycles. The summed E-state index contributed by atoms with van der Waals surface area (Å²) in [5, 5.41) is 11.7. The number of hydrogen-bond acceptors (Lipinski definition) is 3. The third-order valence-corrected chi connectivity index (χ3v) is 3.08. The second-order valence-corrected chi connectivity index (χ2v) is 4.38. The van der Waals surface area contributed by atoms with Crippen LogP contribution in [0.2, 0.25) is 0 Å². The molecule has 0 aromatic carbocycles. The van der Waals surface area contributed by atoms with Crippen LogP contribution in [0, 0.1) is 5.92 Å². The molecule has 0 atom stereocenters. The Balaban J connectivity index is 2.14. The van der Waals surface area contributed by atoms with Crippen molar-refractivity contribution in [2.45, 2.75) is 26.2 Å². The van der Waals surface area contributed by atoms with Gasteiger partial charge in [0.1, 0.15) is 0 Å². The first-order chi connectivity index (χ1) is 8.65. The molecule has 1 rings (SSSR count). The van der Waals surface area contributed by atoms with Gasteiger partial charge in [-0.3, -0.25) is 4.79 Å². The first-order valence-corrected chi connectivity index (χ1v) is 6.48. The van der Waals surface area contributed by atoms with E-state index in [2.05, 4.69) is 5.32 Å². The molecule has 1 fully saturated rings. The lowest BCUT2D eigenvalue weighted by atomic mass is 9.97. The average Bonchev–Trinajstić information content (AvgIpc) is 2.38. The van der Waals surface area contributed by atoms with E-state index in [1.165, 1.54) is 0 Å². The van der Waals surface area contributed by atoms with Gasteiger partial charge in [0.25, 0.3) is 0 Å². The minimum atomic E-state index is -0.758. The van der Waals surface area contributed by atoms with Crippen LogP contribution < -0.4 is 5.32 Å². The molecule has 2 N–H and O–H groups in total. The van der Waals surface area contributed by atoms with Gasteiger partial charge in [0.2, 0.25) is 0 Å². The van der Waals surface area contributed by atoms with Crippen molar-refractivity contribution in [2.24, 2.45) is 5.92 Å². The molecule has 0 spiro atoms. The van der Waals surface area contributed by atoms with E-state index in [1.54, 1.807) is 4.90 Å². The van der Waals surface area contributed by atoms with Crippen molar-refractivity contribution < 1.29 is 19.4 Å². The first-order valence-electron chi connectivity index (χ1n) is 6.48. The zero-order valence-corrected chi connectivity index (χ0v) is 10.9. The number of ether oxygens (including phenoxy) is 1. The molecule has 0 unspecified atom stereocenters. The first kappa shape index (κ1) is 14.8. The highest BCUT2D eigenvalue weighted by molar-refractivity contribution is 5.75. The summed E-state index contributed by atoms with van der Waals surface area (Å²) in [5.41, 5.74) is 0. The molecule has 0 saturated carbocycles. The van der Waals surface area contributed by atoms with Gasteiger partial charge < -0.3 is 20.1 Å². The zero-order chi connectivity index (χ0) is 13.4. The topological polar surface area (TPSA) is 78.9 Å². The van der Waals surface area contributed by atoms with Crippen molar-refractivity contribution >= 4 is 12.0 Å². The Kier molecular flexibility index (Phi) is 6.49. The maximum absolute atomic E-state index is 11.7. The number of carboxylic acids is 1. The number of piperidine rings is 1. The van der Waals surface area contributed by atoms with Crippen LogP contribution in [0.25, 0.3) is 0 Å². The largest absolute Gasteiger partial charge is 0.481 e. The fourth-order valence-corrected chi connectivity index (χ4v) is 1.96. The molecular formula is C12H22N2O4. The lowest BCUT2D eigenvalue weighted by molar-refractivity contribution is -0.143. The predicted octanol–water partition coefficient (Wildman–Crippen LogP) is 0.919. The number of carboxylic acid groups (broad SMARTS) is 1. The van der Waals surface area contributed by atoms with E-state index in [9.17, 15) is 9.59 Å². The van der Waals surface area contributed by atoms with Crippen molar-refractivity contribution in [1.82, 2.24) is 10.2 Å². The molecule has 0 aromatic heterocycles. The molecule has 1 aliphatic rings. The molecule has 18 heavy (non-hydrogen) atoms. The number of nitrogens with zero attached hydrogens (tertiary/aromatic N) is 1. The summed E-state index contributed by atoms with van der Waals surface area (Å²) in [5.74, 6) is -1.06. The van der Waals surface area contributed by atoms with Gasteiger partial charge >= 0.3 is 12.0 Å². The van der Waals surface area contributed by atoms with E-state index in [-0.39, 0.29) is 11.9 Å². The summed E-state index contributed by atoms with van der Waals surface area (Å²) < 4.78 is 5.17. The lowest BCUT2D eigenvalue weighted by Gasteiger charge is -2.30. The standard InChI is InChI=1S/C12H22N2O4/c1-2-18-9-3-6-13-12(17)14-7-4-10(5-8-14)11(15)16/h10H,2-9H2,1H3,(H,13,17)(H,15,16). The summed E-state index contributed by atoms with van der Waals surface area (Å²) in [6.07, 6.45) is 1.88. The molecule has 1 saturated heterocycles. The van der Waals surface area contributed by atoms with E-state index >= 15 is 0 Å². The van der Waals surface area contributed by atoms with Gasteiger partial charge in [-0.1, -0.05) is 0 Å². The third kappa shape index (κ3) is 4.91. The Morgan fingerprint density at radius 3 is 2.61 bits per heavy atom. The molecule has 0 bridgehead atoms. The Hall–Kier alpha value is -1.30. The van der Waals surface area contributed by atoms with Crippen molar-refractivity contribution in [3.05, 3.63) is 0 Å². The number of carbonyl (C=O) groups is 2. The number of hydrogen-bond donors (Lipinski definition) is 2. The zero-order valence-electron chi connectivity index (χ0n) is 10.9. The SMILES string of the molecule is CCOCCCNC(=O)N1CCC(C(=O)O)CC1. The van der Waals surface area contributed by atoms with E-state index < -0.39 is 5.97 Å². The van der Waals surface area contributed by atoms with Gasteiger partial charge in [0.05, 0.1) is 5.92 Å². The summed E-state index contributed by atoms with van der Waals surface area (Å²) in [6, 6.07) is -0.102. The maximum atomic E-state index is 11.7. The van der Waals surface area contributed by atoms with Gasteiger partial charge in [0.15, 0.2) is 0 Å². The highest BCUT2D eigenvalue weighted by Crippen LogP contribution is 2.16. The predicted molar refractivity (Wildman–Crippen MR) is 66.4 cm³/mol. The quantitative estimate of drug-likeness (QED) is 0.694. The van der Waals surface area contributed by atoms with Crippen molar-refractivity contribution in [1.29, 1.82) is 0 Å².